The van der Waals surface area contributed by atoms with Crippen molar-refractivity contribution in [2.45, 2.75) is 24.3 Å². The molecule has 0 aliphatic rings. The molecule has 0 aromatic heterocycles. The summed E-state index contributed by atoms with van der Waals surface area (Å²) in [4.78, 5) is 1.30. The maximum absolute atomic E-state index is 5.55. The van der Waals surface area contributed by atoms with Crippen LogP contribution in [0.25, 0.3) is 0 Å². The Balaban J connectivity index is 2.47. The van der Waals surface area contributed by atoms with Crippen LogP contribution in [0.2, 0.25) is 0 Å². The first kappa shape index (κ1) is 15.9. The molecule has 0 spiro atoms. The summed E-state index contributed by atoms with van der Waals surface area (Å²) in [6, 6.07) is 17.0. The van der Waals surface area contributed by atoms with Gasteiger partial charge in [-0.25, -0.2) is 0 Å². The average Bonchev–Trinajstić information content (AvgIpc) is 2.56. The molecule has 2 nitrogen and oxygen atoms in total. The Bertz CT molecular complexity index is 523. The monoisotopic (exact) mass is 301 g/mol. The number of para-hydroxylation sites is 1. The highest BCUT2D eigenvalue weighted by Crippen LogP contribution is 2.34. The van der Waals surface area contributed by atoms with Crippen molar-refractivity contribution in [2.75, 3.05) is 19.9 Å². The van der Waals surface area contributed by atoms with Crippen molar-refractivity contribution in [2.24, 2.45) is 0 Å². The van der Waals surface area contributed by atoms with Gasteiger partial charge >= 0.3 is 0 Å². The molecule has 0 aliphatic heterocycles. The zero-order chi connectivity index (χ0) is 15.1. The Labute approximate surface area is 131 Å². The van der Waals surface area contributed by atoms with Crippen molar-refractivity contribution in [3.05, 3.63) is 59.7 Å². The number of methoxy groups -OCH3 is 1. The molecule has 2 aromatic rings. The maximum Gasteiger partial charge on any atom is 0.123 e. The third-order valence-electron chi connectivity index (χ3n) is 3.50. The third-order valence-corrected chi connectivity index (χ3v) is 4.31. The first-order valence-electron chi connectivity index (χ1n) is 7.31. The summed E-state index contributed by atoms with van der Waals surface area (Å²) in [6.07, 6.45) is 3.23. The molecule has 21 heavy (non-hydrogen) atoms. The molecule has 0 saturated heterocycles. The highest BCUT2D eigenvalue weighted by Gasteiger charge is 2.19. The first-order chi connectivity index (χ1) is 10.3. The minimum atomic E-state index is 0.157. The largest absolute Gasteiger partial charge is 0.496 e. The van der Waals surface area contributed by atoms with E-state index in [9.17, 15) is 0 Å². The molecule has 1 unspecified atom stereocenters. The molecule has 0 heterocycles. The predicted octanol–water partition coefficient (Wildman–Crippen LogP) is 4.51. The molecule has 0 aliphatic carbocycles. The molecule has 0 amide bonds. The molecule has 0 radical (unpaired) electrons. The molecule has 3 heteroatoms. The lowest BCUT2D eigenvalue weighted by molar-refractivity contribution is 0.403. The van der Waals surface area contributed by atoms with Gasteiger partial charge < -0.3 is 10.1 Å². The van der Waals surface area contributed by atoms with Crippen molar-refractivity contribution in [3.63, 3.8) is 0 Å². The van der Waals surface area contributed by atoms with Crippen molar-refractivity contribution in [1.82, 2.24) is 5.32 Å². The van der Waals surface area contributed by atoms with Gasteiger partial charge in [0.2, 0.25) is 0 Å². The van der Waals surface area contributed by atoms with E-state index in [4.69, 9.17) is 4.74 Å². The zero-order valence-electron chi connectivity index (χ0n) is 12.9. The van der Waals surface area contributed by atoms with E-state index in [0.717, 1.165) is 18.7 Å². The van der Waals surface area contributed by atoms with E-state index < -0.39 is 0 Å². The van der Waals surface area contributed by atoms with Crippen LogP contribution >= 0.6 is 11.8 Å². The van der Waals surface area contributed by atoms with Gasteiger partial charge in [0.25, 0.3) is 0 Å². The fourth-order valence-electron chi connectivity index (χ4n) is 2.49. The van der Waals surface area contributed by atoms with Crippen molar-refractivity contribution < 1.29 is 4.74 Å². The predicted molar refractivity (Wildman–Crippen MR) is 91.4 cm³/mol. The zero-order valence-corrected chi connectivity index (χ0v) is 13.7. The Morgan fingerprint density at radius 2 is 1.71 bits per heavy atom. The Morgan fingerprint density at radius 1 is 1.05 bits per heavy atom. The molecule has 2 aromatic carbocycles. The van der Waals surface area contributed by atoms with Gasteiger partial charge in [-0.1, -0.05) is 43.3 Å². The van der Waals surface area contributed by atoms with Gasteiger partial charge in [0.1, 0.15) is 5.75 Å². The standard InChI is InChI=1S/C18H23NOS/c1-4-13-19-18(14-9-5-7-11-16(14)20-2)15-10-6-8-12-17(15)21-3/h5-12,18-19H,4,13H2,1-3H3. The molecule has 0 fully saturated rings. The van der Waals surface area contributed by atoms with E-state index in [1.807, 2.05) is 12.1 Å². The fourth-order valence-corrected chi connectivity index (χ4v) is 3.12. The second-order valence-corrected chi connectivity index (χ2v) is 5.72. The summed E-state index contributed by atoms with van der Waals surface area (Å²) in [5.74, 6) is 0.932. The first-order valence-corrected chi connectivity index (χ1v) is 8.53. The molecule has 1 N–H and O–H groups in total. The topological polar surface area (TPSA) is 21.3 Å². The van der Waals surface area contributed by atoms with Crippen LogP contribution in [0.1, 0.15) is 30.5 Å². The summed E-state index contributed by atoms with van der Waals surface area (Å²) in [5, 5.41) is 3.66. The van der Waals surface area contributed by atoms with Gasteiger partial charge in [0, 0.05) is 10.5 Å². The number of ether oxygens (including phenoxy) is 1. The smallest absolute Gasteiger partial charge is 0.123 e. The average molecular weight is 301 g/mol. The van der Waals surface area contributed by atoms with Crippen LogP contribution in [-0.4, -0.2) is 19.9 Å². The second kappa shape index (κ2) is 8.11. The van der Waals surface area contributed by atoms with E-state index in [-0.39, 0.29) is 6.04 Å². The van der Waals surface area contributed by atoms with E-state index in [1.165, 1.54) is 16.0 Å². The quantitative estimate of drug-likeness (QED) is 0.760. The molecule has 0 saturated carbocycles. The number of nitrogens with one attached hydrogen (secondary N) is 1. The van der Waals surface area contributed by atoms with Gasteiger partial charge in [0.15, 0.2) is 0 Å². The molecular formula is C18H23NOS. The lowest BCUT2D eigenvalue weighted by Gasteiger charge is -2.23. The summed E-state index contributed by atoms with van der Waals surface area (Å²) < 4.78 is 5.55. The van der Waals surface area contributed by atoms with Gasteiger partial charge in [-0.15, -0.1) is 11.8 Å². The lowest BCUT2D eigenvalue weighted by atomic mass is 9.97. The minimum absolute atomic E-state index is 0.157. The minimum Gasteiger partial charge on any atom is -0.496 e. The van der Waals surface area contributed by atoms with Gasteiger partial charge in [-0.05, 0) is 36.9 Å². The fraction of sp³-hybridized carbons (Fsp3) is 0.333. The van der Waals surface area contributed by atoms with Crippen LogP contribution in [0, 0.1) is 0 Å². The second-order valence-electron chi connectivity index (χ2n) is 4.87. The van der Waals surface area contributed by atoms with Crippen LogP contribution in [-0.2, 0) is 0 Å². The number of thioether (sulfide) groups is 1. The maximum atomic E-state index is 5.55. The number of hydrogen-bond donors (Lipinski definition) is 1. The normalized spacial score (nSPS) is 12.1. The molecule has 2 rings (SSSR count). The SMILES string of the molecule is CCCNC(c1ccccc1OC)c1ccccc1SC. The molecular weight excluding hydrogens is 278 g/mol. The number of rotatable bonds is 7. The Hall–Kier alpha value is -1.45. The Kier molecular flexibility index (Phi) is 6.15. The van der Waals surface area contributed by atoms with Gasteiger partial charge in [-0.2, -0.15) is 0 Å². The van der Waals surface area contributed by atoms with Crippen molar-refractivity contribution >= 4 is 11.8 Å². The van der Waals surface area contributed by atoms with E-state index in [2.05, 4.69) is 54.9 Å². The van der Waals surface area contributed by atoms with Crippen LogP contribution in [0.4, 0.5) is 0 Å². The van der Waals surface area contributed by atoms with E-state index in [0.29, 0.717) is 0 Å². The summed E-state index contributed by atoms with van der Waals surface area (Å²) in [7, 11) is 1.73. The van der Waals surface area contributed by atoms with Gasteiger partial charge in [0.05, 0.1) is 13.2 Å². The van der Waals surface area contributed by atoms with Crippen molar-refractivity contribution in [1.29, 1.82) is 0 Å². The summed E-state index contributed by atoms with van der Waals surface area (Å²) in [6.45, 7) is 3.16. The molecule has 1 atom stereocenters. The van der Waals surface area contributed by atoms with Gasteiger partial charge in [-0.3, -0.25) is 0 Å². The third kappa shape index (κ3) is 3.80. The van der Waals surface area contributed by atoms with E-state index in [1.54, 1.807) is 18.9 Å². The highest BCUT2D eigenvalue weighted by atomic mass is 32.2. The number of benzene rings is 2. The Morgan fingerprint density at radius 3 is 2.38 bits per heavy atom. The molecule has 0 bridgehead atoms. The lowest BCUT2D eigenvalue weighted by Crippen LogP contribution is -2.24. The van der Waals surface area contributed by atoms with Crippen LogP contribution in [0.15, 0.2) is 53.4 Å². The highest BCUT2D eigenvalue weighted by molar-refractivity contribution is 7.98. The number of hydrogen-bond acceptors (Lipinski definition) is 3. The van der Waals surface area contributed by atoms with Crippen LogP contribution < -0.4 is 10.1 Å². The molecule has 112 valence electrons. The summed E-state index contributed by atoms with van der Waals surface area (Å²) >= 11 is 1.78. The van der Waals surface area contributed by atoms with Crippen molar-refractivity contribution in [3.8, 4) is 5.75 Å². The van der Waals surface area contributed by atoms with Crippen LogP contribution in [0.3, 0.4) is 0 Å². The summed E-state index contributed by atoms with van der Waals surface area (Å²) in [5.41, 5.74) is 2.50. The van der Waals surface area contributed by atoms with Crippen LogP contribution in [0.5, 0.6) is 5.75 Å². The van der Waals surface area contributed by atoms with E-state index >= 15 is 0 Å².